The number of rotatable bonds is 2. The van der Waals surface area contributed by atoms with Gasteiger partial charge in [0.05, 0.1) is 0 Å². The van der Waals surface area contributed by atoms with Crippen LogP contribution in [0.2, 0.25) is 0 Å². The Hall–Kier alpha value is -0.900. The summed E-state index contributed by atoms with van der Waals surface area (Å²) in [5.74, 6) is 6.78. The van der Waals surface area contributed by atoms with E-state index in [0.29, 0.717) is 6.04 Å². The van der Waals surface area contributed by atoms with Crippen LogP contribution < -0.4 is 5.84 Å². The van der Waals surface area contributed by atoms with Crippen molar-refractivity contribution in [3.8, 4) is 0 Å². The number of hydrogen-bond donors (Lipinski definition) is 1. The highest BCUT2D eigenvalue weighted by Crippen LogP contribution is 2.29. The summed E-state index contributed by atoms with van der Waals surface area (Å²) in [6.45, 7) is 4.50. The quantitative estimate of drug-likeness (QED) is 0.752. The van der Waals surface area contributed by atoms with Crippen molar-refractivity contribution in [3.05, 3.63) is 35.9 Å². The molecule has 2 saturated heterocycles. The Morgan fingerprint density at radius 2 is 2.00 bits per heavy atom. The number of nitrogens with two attached hydrogens (primary N) is 1. The molecule has 0 aromatic heterocycles. The van der Waals surface area contributed by atoms with Crippen LogP contribution in [0.1, 0.15) is 12.0 Å². The second-order valence-corrected chi connectivity index (χ2v) is 5.03. The van der Waals surface area contributed by atoms with E-state index < -0.39 is 0 Å². The van der Waals surface area contributed by atoms with Crippen LogP contribution in [-0.4, -0.2) is 35.6 Å². The maximum absolute atomic E-state index is 5.98. The molecule has 16 heavy (non-hydrogen) atoms. The summed E-state index contributed by atoms with van der Waals surface area (Å²) >= 11 is 0. The minimum atomic E-state index is 0.601. The molecular formula is C13H19N3. The van der Waals surface area contributed by atoms with Crippen LogP contribution in [-0.2, 0) is 6.54 Å². The maximum Gasteiger partial charge on any atom is 0.0409 e. The Labute approximate surface area is 96.8 Å². The summed E-state index contributed by atoms with van der Waals surface area (Å²) in [6.07, 6.45) is 1.27. The van der Waals surface area contributed by atoms with Crippen molar-refractivity contribution in [2.75, 3.05) is 19.6 Å². The molecule has 0 radical (unpaired) electrons. The molecule has 2 fully saturated rings. The van der Waals surface area contributed by atoms with E-state index in [0.717, 1.165) is 25.6 Å². The second-order valence-electron chi connectivity index (χ2n) is 5.03. The average molecular weight is 217 g/mol. The minimum absolute atomic E-state index is 0.601. The Morgan fingerprint density at radius 1 is 1.19 bits per heavy atom. The molecule has 2 heterocycles. The first-order valence-electron chi connectivity index (χ1n) is 6.10. The van der Waals surface area contributed by atoms with Crippen LogP contribution in [0.25, 0.3) is 0 Å². The highest BCUT2D eigenvalue weighted by atomic mass is 15.5. The third-order valence-corrected chi connectivity index (χ3v) is 3.92. The largest absolute Gasteiger partial charge is 0.297 e. The van der Waals surface area contributed by atoms with E-state index >= 15 is 0 Å². The van der Waals surface area contributed by atoms with Crippen molar-refractivity contribution in [1.82, 2.24) is 9.91 Å². The molecule has 0 aliphatic carbocycles. The van der Waals surface area contributed by atoms with E-state index in [9.17, 15) is 0 Å². The minimum Gasteiger partial charge on any atom is -0.297 e. The normalized spacial score (nSPS) is 30.8. The van der Waals surface area contributed by atoms with Crippen molar-refractivity contribution in [1.29, 1.82) is 0 Å². The summed E-state index contributed by atoms with van der Waals surface area (Å²) in [4.78, 5) is 2.53. The third kappa shape index (κ3) is 1.86. The molecule has 2 atom stereocenters. The zero-order valence-electron chi connectivity index (χ0n) is 9.55. The molecule has 2 aliphatic rings. The Kier molecular flexibility index (Phi) is 2.67. The molecule has 2 aliphatic heterocycles. The lowest BCUT2D eigenvalue weighted by Gasteiger charge is -2.20. The average Bonchev–Trinajstić information content (AvgIpc) is 2.83. The third-order valence-electron chi connectivity index (χ3n) is 3.92. The molecule has 0 bridgehead atoms. The van der Waals surface area contributed by atoms with Gasteiger partial charge in [0.15, 0.2) is 0 Å². The zero-order chi connectivity index (χ0) is 11.0. The van der Waals surface area contributed by atoms with Gasteiger partial charge >= 0.3 is 0 Å². The van der Waals surface area contributed by atoms with Gasteiger partial charge in [-0.3, -0.25) is 10.7 Å². The predicted octanol–water partition coefficient (Wildman–Crippen LogP) is 1.07. The van der Waals surface area contributed by atoms with Crippen molar-refractivity contribution < 1.29 is 0 Å². The van der Waals surface area contributed by atoms with Crippen LogP contribution >= 0.6 is 0 Å². The molecular weight excluding hydrogens is 198 g/mol. The monoisotopic (exact) mass is 217 g/mol. The fourth-order valence-electron chi connectivity index (χ4n) is 3.05. The lowest BCUT2D eigenvalue weighted by molar-refractivity contribution is 0.226. The van der Waals surface area contributed by atoms with Crippen LogP contribution in [0, 0.1) is 5.92 Å². The highest BCUT2D eigenvalue weighted by molar-refractivity contribution is 5.15. The number of nitrogens with zero attached hydrogens (tertiary/aromatic N) is 2. The van der Waals surface area contributed by atoms with Crippen LogP contribution in [0.15, 0.2) is 30.3 Å². The van der Waals surface area contributed by atoms with Gasteiger partial charge in [-0.1, -0.05) is 30.3 Å². The van der Waals surface area contributed by atoms with Crippen molar-refractivity contribution >= 4 is 0 Å². The number of likely N-dealkylation sites (tertiary alicyclic amines) is 1. The fraction of sp³-hybridized carbons (Fsp3) is 0.538. The molecule has 1 aromatic carbocycles. The first-order valence-corrected chi connectivity index (χ1v) is 6.10. The zero-order valence-corrected chi connectivity index (χ0v) is 9.55. The number of hydrazine groups is 1. The molecule has 2 N–H and O–H groups in total. The van der Waals surface area contributed by atoms with E-state index in [4.69, 9.17) is 5.84 Å². The summed E-state index contributed by atoms with van der Waals surface area (Å²) in [5.41, 5.74) is 1.41. The molecule has 1 aromatic rings. The first-order chi connectivity index (χ1) is 7.83. The molecule has 2 unspecified atom stereocenters. The summed E-state index contributed by atoms with van der Waals surface area (Å²) in [7, 11) is 0. The summed E-state index contributed by atoms with van der Waals surface area (Å²) in [5, 5.41) is 2.04. The lowest BCUT2D eigenvalue weighted by atomic mass is 10.1. The second kappa shape index (κ2) is 4.17. The van der Waals surface area contributed by atoms with Crippen LogP contribution in [0.5, 0.6) is 0 Å². The summed E-state index contributed by atoms with van der Waals surface area (Å²) in [6, 6.07) is 11.3. The molecule has 3 rings (SSSR count). The van der Waals surface area contributed by atoms with Crippen molar-refractivity contribution in [3.63, 3.8) is 0 Å². The van der Waals surface area contributed by atoms with Crippen molar-refractivity contribution in [2.45, 2.75) is 19.0 Å². The summed E-state index contributed by atoms with van der Waals surface area (Å²) < 4.78 is 0. The van der Waals surface area contributed by atoms with E-state index in [2.05, 4.69) is 35.2 Å². The smallest absolute Gasteiger partial charge is 0.0409 e. The Bertz CT molecular complexity index is 351. The van der Waals surface area contributed by atoms with E-state index in [-0.39, 0.29) is 0 Å². The van der Waals surface area contributed by atoms with Gasteiger partial charge in [-0.2, -0.15) is 0 Å². The van der Waals surface area contributed by atoms with Crippen molar-refractivity contribution in [2.24, 2.45) is 11.8 Å². The molecule has 0 spiro atoms. The van der Waals surface area contributed by atoms with E-state index in [1.165, 1.54) is 18.5 Å². The molecule has 86 valence electrons. The number of fused-ring (bicyclic) bond motifs is 1. The Balaban J connectivity index is 1.63. The van der Waals surface area contributed by atoms with Gasteiger partial charge in [-0.25, -0.2) is 5.01 Å². The van der Waals surface area contributed by atoms with Gasteiger partial charge in [-0.15, -0.1) is 0 Å². The number of benzene rings is 1. The fourth-order valence-corrected chi connectivity index (χ4v) is 3.05. The van der Waals surface area contributed by atoms with Gasteiger partial charge in [-0.05, 0) is 17.9 Å². The van der Waals surface area contributed by atoms with E-state index in [1.54, 1.807) is 0 Å². The SMILES string of the molecule is NN1CCC2CN(Cc3ccccc3)CC21. The van der Waals surface area contributed by atoms with Crippen LogP contribution in [0.4, 0.5) is 0 Å². The number of hydrogen-bond acceptors (Lipinski definition) is 3. The predicted molar refractivity (Wildman–Crippen MR) is 64.5 cm³/mol. The topological polar surface area (TPSA) is 32.5 Å². The Morgan fingerprint density at radius 3 is 2.75 bits per heavy atom. The standard InChI is InChI=1S/C13H19N3/c14-16-7-6-12-9-15(10-13(12)16)8-11-4-2-1-3-5-11/h1-5,12-13H,6-10,14H2. The molecule has 3 nitrogen and oxygen atoms in total. The van der Waals surface area contributed by atoms with Gasteiger partial charge in [0.2, 0.25) is 0 Å². The van der Waals surface area contributed by atoms with Gasteiger partial charge in [0, 0.05) is 32.2 Å². The van der Waals surface area contributed by atoms with Crippen LogP contribution in [0.3, 0.4) is 0 Å². The van der Waals surface area contributed by atoms with Gasteiger partial charge in [0.1, 0.15) is 0 Å². The molecule has 0 saturated carbocycles. The lowest BCUT2D eigenvalue weighted by Crippen LogP contribution is -2.40. The molecule has 0 amide bonds. The van der Waals surface area contributed by atoms with E-state index in [1.807, 2.05) is 5.01 Å². The molecule has 3 heteroatoms. The van der Waals surface area contributed by atoms with Gasteiger partial charge < -0.3 is 0 Å². The maximum atomic E-state index is 5.98. The van der Waals surface area contributed by atoms with Gasteiger partial charge in [0.25, 0.3) is 0 Å². The first kappa shape index (κ1) is 10.3. The highest BCUT2D eigenvalue weighted by Gasteiger charge is 2.39.